The van der Waals surface area contributed by atoms with Crippen LogP contribution in [0.1, 0.15) is 35.6 Å². The lowest BCUT2D eigenvalue weighted by Crippen LogP contribution is -2.03. The molecule has 0 fully saturated rings. The molecule has 0 aliphatic rings. The molecule has 3 nitrogen and oxygen atoms in total. The molecule has 23 heavy (non-hydrogen) atoms. The molecule has 1 unspecified atom stereocenters. The topological polar surface area (TPSA) is 46.5 Å². The summed E-state index contributed by atoms with van der Waals surface area (Å²) in [7, 11) is 1.39. The molecule has 0 spiro atoms. The second-order valence-electron chi connectivity index (χ2n) is 5.52. The number of halogens is 1. The summed E-state index contributed by atoms with van der Waals surface area (Å²) in [4.78, 5) is 11.1. The lowest BCUT2D eigenvalue weighted by atomic mass is 9.99. The monoisotopic (exact) mass is 316 g/mol. The molecule has 0 radical (unpaired) electrons. The standard InChI is InChI=1S/C19H21FO3/c1-23-19(22)7-3-4-14-8-10-16(11-9-14)18(21)13-15-5-2-6-17(20)12-15/h2,5-6,8-12,18,21H,3-4,7,13H2,1H3. The zero-order valence-corrected chi connectivity index (χ0v) is 13.2. The van der Waals surface area contributed by atoms with Crippen LogP contribution in [0.3, 0.4) is 0 Å². The number of aryl methyl sites for hydroxylation is 1. The van der Waals surface area contributed by atoms with E-state index >= 15 is 0 Å². The van der Waals surface area contributed by atoms with Crippen molar-refractivity contribution in [1.29, 1.82) is 0 Å². The Morgan fingerprint density at radius 3 is 2.57 bits per heavy atom. The zero-order chi connectivity index (χ0) is 16.7. The third kappa shape index (κ3) is 5.49. The number of carbonyl (C=O) groups excluding carboxylic acids is 1. The quantitative estimate of drug-likeness (QED) is 0.794. The van der Waals surface area contributed by atoms with Crippen molar-refractivity contribution < 1.29 is 19.0 Å². The predicted octanol–water partition coefficient (Wildman–Crippen LogP) is 3.60. The van der Waals surface area contributed by atoms with E-state index in [2.05, 4.69) is 4.74 Å². The number of methoxy groups -OCH3 is 1. The lowest BCUT2D eigenvalue weighted by molar-refractivity contribution is -0.140. The van der Waals surface area contributed by atoms with E-state index in [-0.39, 0.29) is 11.8 Å². The van der Waals surface area contributed by atoms with E-state index in [4.69, 9.17) is 0 Å². The number of hydrogen-bond acceptors (Lipinski definition) is 3. The second-order valence-corrected chi connectivity index (χ2v) is 5.52. The number of hydrogen-bond donors (Lipinski definition) is 1. The summed E-state index contributed by atoms with van der Waals surface area (Å²) in [6.07, 6.45) is 1.63. The van der Waals surface area contributed by atoms with E-state index in [0.29, 0.717) is 12.8 Å². The minimum absolute atomic E-state index is 0.202. The molecule has 0 aliphatic heterocycles. The van der Waals surface area contributed by atoms with Crippen molar-refractivity contribution in [3.63, 3.8) is 0 Å². The largest absolute Gasteiger partial charge is 0.469 e. The molecule has 0 aromatic heterocycles. The molecule has 2 aromatic carbocycles. The normalized spacial score (nSPS) is 12.0. The fourth-order valence-corrected chi connectivity index (χ4v) is 2.45. The summed E-state index contributed by atoms with van der Waals surface area (Å²) in [5.74, 6) is -0.497. The van der Waals surface area contributed by atoms with Crippen LogP contribution in [0.25, 0.3) is 0 Å². The number of rotatable bonds is 7. The minimum atomic E-state index is -0.666. The zero-order valence-electron chi connectivity index (χ0n) is 13.2. The van der Waals surface area contributed by atoms with Crippen molar-refractivity contribution in [2.45, 2.75) is 31.8 Å². The van der Waals surface area contributed by atoms with Gasteiger partial charge in [-0.25, -0.2) is 4.39 Å². The van der Waals surface area contributed by atoms with E-state index in [0.717, 1.165) is 29.5 Å². The first-order valence-electron chi connectivity index (χ1n) is 7.66. The Hall–Kier alpha value is -2.20. The van der Waals surface area contributed by atoms with Crippen molar-refractivity contribution in [2.75, 3.05) is 7.11 Å². The fraction of sp³-hybridized carbons (Fsp3) is 0.316. The van der Waals surface area contributed by atoms with Gasteiger partial charge in [0.25, 0.3) is 0 Å². The van der Waals surface area contributed by atoms with Gasteiger partial charge in [0.05, 0.1) is 13.2 Å². The van der Waals surface area contributed by atoms with Gasteiger partial charge in [-0.15, -0.1) is 0 Å². The fourth-order valence-electron chi connectivity index (χ4n) is 2.45. The first-order chi connectivity index (χ1) is 11.1. The Morgan fingerprint density at radius 1 is 1.17 bits per heavy atom. The van der Waals surface area contributed by atoms with Crippen LogP contribution in [-0.2, 0) is 22.4 Å². The van der Waals surface area contributed by atoms with Gasteiger partial charge in [-0.2, -0.15) is 0 Å². The first-order valence-corrected chi connectivity index (χ1v) is 7.66. The van der Waals surface area contributed by atoms with Gasteiger partial charge >= 0.3 is 5.97 Å². The lowest BCUT2D eigenvalue weighted by Gasteiger charge is -2.12. The summed E-state index contributed by atoms with van der Waals surface area (Å²) in [5, 5.41) is 10.3. The molecule has 0 amide bonds. The number of benzene rings is 2. The maximum absolute atomic E-state index is 13.2. The molecule has 1 N–H and O–H groups in total. The van der Waals surface area contributed by atoms with Crippen molar-refractivity contribution >= 4 is 5.97 Å². The Labute approximate surface area is 135 Å². The van der Waals surface area contributed by atoms with Crippen LogP contribution < -0.4 is 0 Å². The van der Waals surface area contributed by atoms with E-state index in [1.54, 1.807) is 12.1 Å². The maximum Gasteiger partial charge on any atom is 0.305 e. The van der Waals surface area contributed by atoms with Crippen molar-refractivity contribution in [3.8, 4) is 0 Å². The molecule has 0 heterocycles. The molecule has 2 rings (SSSR count). The highest BCUT2D eigenvalue weighted by atomic mass is 19.1. The highest BCUT2D eigenvalue weighted by Gasteiger charge is 2.09. The Kier molecular flexibility index (Phi) is 6.29. The average Bonchev–Trinajstić information content (AvgIpc) is 2.55. The molecule has 0 aliphatic carbocycles. The van der Waals surface area contributed by atoms with E-state index in [1.807, 2.05) is 24.3 Å². The number of aliphatic hydroxyl groups excluding tert-OH is 1. The van der Waals surface area contributed by atoms with Gasteiger partial charge in [-0.1, -0.05) is 36.4 Å². The van der Waals surface area contributed by atoms with Gasteiger partial charge in [0.1, 0.15) is 5.82 Å². The molecular formula is C19H21FO3. The van der Waals surface area contributed by atoms with Crippen LogP contribution in [0.2, 0.25) is 0 Å². The summed E-state index contributed by atoms with van der Waals surface area (Å²) in [5.41, 5.74) is 2.67. The maximum atomic E-state index is 13.2. The molecule has 122 valence electrons. The second kappa shape index (κ2) is 8.44. The van der Waals surface area contributed by atoms with Crippen LogP contribution in [-0.4, -0.2) is 18.2 Å². The number of carbonyl (C=O) groups is 1. The highest BCUT2D eigenvalue weighted by Crippen LogP contribution is 2.20. The van der Waals surface area contributed by atoms with E-state index in [9.17, 15) is 14.3 Å². The molecule has 0 saturated carbocycles. The number of esters is 1. The predicted molar refractivity (Wildman–Crippen MR) is 86.5 cm³/mol. The van der Waals surface area contributed by atoms with Gasteiger partial charge < -0.3 is 9.84 Å². The first kappa shape index (κ1) is 17.2. The summed E-state index contributed by atoms with van der Waals surface area (Å²) >= 11 is 0. The third-order valence-electron chi connectivity index (χ3n) is 3.76. The van der Waals surface area contributed by atoms with Crippen molar-refractivity contribution in [1.82, 2.24) is 0 Å². The molecule has 0 saturated heterocycles. The Balaban J connectivity index is 1.89. The Morgan fingerprint density at radius 2 is 1.91 bits per heavy atom. The van der Waals surface area contributed by atoms with E-state index in [1.165, 1.54) is 19.2 Å². The van der Waals surface area contributed by atoms with Crippen LogP contribution in [0, 0.1) is 5.82 Å². The number of aliphatic hydroxyl groups is 1. The number of ether oxygens (including phenoxy) is 1. The molecule has 4 heteroatoms. The summed E-state index contributed by atoms with van der Waals surface area (Å²) in [6.45, 7) is 0. The van der Waals surface area contributed by atoms with Crippen molar-refractivity contribution in [2.24, 2.45) is 0 Å². The Bertz CT molecular complexity index is 637. The van der Waals surface area contributed by atoms with Crippen LogP contribution in [0.5, 0.6) is 0 Å². The summed E-state index contributed by atoms with van der Waals surface area (Å²) in [6, 6.07) is 13.9. The van der Waals surface area contributed by atoms with Crippen LogP contribution >= 0.6 is 0 Å². The van der Waals surface area contributed by atoms with Gasteiger partial charge in [-0.3, -0.25) is 4.79 Å². The van der Waals surface area contributed by atoms with Crippen molar-refractivity contribution in [3.05, 3.63) is 71.0 Å². The average molecular weight is 316 g/mol. The molecular weight excluding hydrogens is 295 g/mol. The van der Waals surface area contributed by atoms with Gasteiger partial charge in [0.2, 0.25) is 0 Å². The molecule has 0 bridgehead atoms. The molecule has 2 aromatic rings. The third-order valence-corrected chi connectivity index (χ3v) is 3.76. The van der Waals surface area contributed by atoms with E-state index < -0.39 is 6.10 Å². The minimum Gasteiger partial charge on any atom is -0.469 e. The van der Waals surface area contributed by atoms with Gasteiger partial charge in [0, 0.05) is 12.8 Å². The van der Waals surface area contributed by atoms with Gasteiger partial charge in [0.15, 0.2) is 0 Å². The summed E-state index contributed by atoms with van der Waals surface area (Å²) < 4.78 is 17.8. The smallest absolute Gasteiger partial charge is 0.305 e. The SMILES string of the molecule is COC(=O)CCCc1ccc(C(O)Cc2cccc(F)c2)cc1. The highest BCUT2D eigenvalue weighted by molar-refractivity contribution is 5.69. The molecule has 1 atom stereocenters. The van der Waals surface area contributed by atoms with Gasteiger partial charge in [-0.05, 0) is 41.7 Å². The van der Waals surface area contributed by atoms with Crippen LogP contribution in [0.15, 0.2) is 48.5 Å². The van der Waals surface area contributed by atoms with Crippen LogP contribution in [0.4, 0.5) is 4.39 Å².